The Morgan fingerprint density at radius 2 is 1.00 bits per heavy atom. The molecule has 14 heavy (non-hydrogen) atoms. The second-order valence-electron chi connectivity index (χ2n) is 2.20. The number of allylic oxidation sites excluding steroid dienone is 2. The van der Waals surface area contributed by atoms with Crippen molar-refractivity contribution in [2.75, 3.05) is 13.3 Å². The molecule has 0 aliphatic rings. The van der Waals surface area contributed by atoms with E-state index in [-0.39, 0.29) is 12.2 Å². The molecule has 0 radical (unpaired) electrons. The fourth-order valence-corrected chi connectivity index (χ4v) is 0.109. The van der Waals surface area contributed by atoms with Gasteiger partial charge >= 0.3 is 0 Å². The molecule has 0 amide bonds. The molecule has 0 aromatic rings. The maximum atomic E-state index is 11.4. The Balaban J connectivity index is 0. The Morgan fingerprint density at radius 1 is 0.786 bits per heavy atom. The summed E-state index contributed by atoms with van der Waals surface area (Å²) in [6.45, 7) is 2.11. The third kappa shape index (κ3) is 9.15. The van der Waals surface area contributed by atoms with Crippen molar-refractivity contribution in [2.45, 2.75) is 11.8 Å². The molecule has 0 saturated carbocycles. The Bertz CT molecular complexity index is 155. The predicted molar refractivity (Wildman–Crippen MR) is 42.2 cm³/mol. The molecule has 6 heteroatoms. The van der Waals surface area contributed by atoms with E-state index in [0.29, 0.717) is 0 Å². The van der Waals surface area contributed by atoms with E-state index >= 15 is 0 Å². The first-order valence-corrected chi connectivity index (χ1v) is 3.39. The molecule has 0 heterocycles. The van der Waals surface area contributed by atoms with Gasteiger partial charge in [0.2, 0.25) is 0 Å². The Labute approximate surface area is 77.9 Å². The zero-order chi connectivity index (χ0) is 11.8. The zero-order valence-corrected chi connectivity index (χ0v) is 7.25. The standard InChI is InChI=1S/2C4H5F3/c2*1-2-4(6,7)3-5/h2*2H,1,3H2. The van der Waals surface area contributed by atoms with Gasteiger partial charge in [-0.2, -0.15) is 17.6 Å². The molecule has 0 aromatic heterocycles. The van der Waals surface area contributed by atoms with E-state index in [4.69, 9.17) is 0 Å². The predicted octanol–water partition coefficient (Wildman–Crippen LogP) is 3.55. The molecule has 0 rings (SSSR count). The summed E-state index contributed by atoms with van der Waals surface area (Å²) in [5.41, 5.74) is 0. The van der Waals surface area contributed by atoms with Crippen molar-refractivity contribution >= 4 is 0 Å². The van der Waals surface area contributed by atoms with Crippen LogP contribution in [0.1, 0.15) is 0 Å². The van der Waals surface area contributed by atoms with Gasteiger partial charge in [-0.3, -0.25) is 0 Å². The van der Waals surface area contributed by atoms with Gasteiger partial charge in [-0.25, -0.2) is 8.78 Å². The van der Waals surface area contributed by atoms with Crippen molar-refractivity contribution in [2.24, 2.45) is 0 Å². The largest absolute Gasteiger partial charge is 0.294 e. The van der Waals surface area contributed by atoms with Crippen molar-refractivity contribution in [1.82, 2.24) is 0 Å². The van der Waals surface area contributed by atoms with Gasteiger partial charge in [0, 0.05) is 0 Å². The number of hydrogen-bond donors (Lipinski definition) is 0. The van der Waals surface area contributed by atoms with Gasteiger partial charge in [-0.05, 0) is 12.2 Å². The monoisotopic (exact) mass is 220 g/mol. The van der Waals surface area contributed by atoms with Crippen molar-refractivity contribution in [3.8, 4) is 0 Å². The third-order valence-electron chi connectivity index (χ3n) is 0.954. The molecule has 0 nitrogen and oxygen atoms in total. The summed E-state index contributed by atoms with van der Waals surface area (Å²) in [7, 11) is 0. The first kappa shape index (κ1) is 15.5. The fraction of sp³-hybridized carbons (Fsp3) is 0.500. The average molecular weight is 220 g/mol. The summed E-state index contributed by atoms with van der Waals surface area (Å²) in [4.78, 5) is 0. The summed E-state index contributed by atoms with van der Waals surface area (Å²) in [6, 6.07) is 0. The molecule has 0 unspecified atom stereocenters. The molecule has 0 bridgehead atoms. The molecule has 0 aliphatic heterocycles. The summed E-state index contributed by atoms with van der Waals surface area (Å²) < 4.78 is 67.5. The summed E-state index contributed by atoms with van der Waals surface area (Å²) in [5.74, 6) is -6.64. The Morgan fingerprint density at radius 3 is 1.00 bits per heavy atom. The van der Waals surface area contributed by atoms with E-state index in [2.05, 4.69) is 13.2 Å². The lowest BCUT2D eigenvalue weighted by Crippen LogP contribution is -2.13. The van der Waals surface area contributed by atoms with Gasteiger partial charge in [-0.1, -0.05) is 13.2 Å². The number of halogens is 6. The zero-order valence-electron chi connectivity index (χ0n) is 7.25. The van der Waals surface area contributed by atoms with E-state index < -0.39 is 25.2 Å². The highest BCUT2D eigenvalue weighted by Crippen LogP contribution is 2.13. The van der Waals surface area contributed by atoms with Crippen LogP contribution >= 0.6 is 0 Å². The van der Waals surface area contributed by atoms with Crippen LogP contribution in [-0.2, 0) is 0 Å². The van der Waals surface area contributed by atoms with Gasteiger partial charge in [0.1, 0.15) is 0 Å². The van der Waals surface area contributed by atoms with Gasteiger partial charge in [0.25, 0.3) is 11.8 Å². The molecule has 0 saturated heterocycles. The molecular weight excluding hydrogens is 210 g/mol. The molecule has 0 fully saturated rings. The summed E-state index contributed by atoms with van der Waals surface area (Å²) in [5, 5.41) is 0. The number of alkyl halides is 6. The Kier molecular flexibility index (Phi) is 7.21. The minimum absolute atomic E-state index is 0.285. The van der Waals surface area contributed by atoms with Crippen LogP contribution in [0.5, 0.6) is 0 Å². The van der Waals surface area contributed by atoms with Crippen LogP contribution in [0.25, 0.3) is 0 Å². The minimum Gasteiger partial charge on any atom is -0.244 e. The van der Waals surface area contributed by atoms with Crippen LogP contribution in [0.4, 0.5) is 26.3 Å². The highest BCUT2D eigenvalue weighted by molar-refractivity contribution is 4.86. The van der Waals surface area contributed by atoms with Crippen LogP contribution in [0.2, 0.25) is 0 Å². The lowest BCUT2D eigenvalue weighted by atomic mass is 10.4. The number of rotatable bonds is 4. The molecule has 0 aromatic carbocycles. The van der Waals surface area contributed by atoms with Gasteiger partial charge in [0.15, 0.2) is 13.3 Å². The van der Waals surface area contributed by atoms with E-state index in [9.17, 15) is 26.3 Å². The second-order valence-corrected chi connectivity index (χ2v) is 2.20. The van der Waals surface area contributed by atoms with Crippen molar-refractivity contribution in [1.29, 1.82) is 0 Å². The minimum atomic E-state index is -3.32. The fourth-order valence-electron chi connectivity index (χ4n) is 0.109. The Hall–Kier alpha value is -0.940. The van der Waals surface area contributed by atoms with Crippen molar-refractivity contribution < 1.29 is 26.3 Å². The summed E-state index contributed by atoms with van der Waals surface area (Å²) in [6.07, 6.45) is 0.569. The topological polar surface area (TPSA) is 0 Å². The van der Waals surface area contributed by atoms with Crippen LogP contribution in [-0.4, -0.2) is 25.2 Å². The first-order chi connectivity index (χ1) is 6.24. The van der Waals surface area contributed by atoms with Gasteiger partial charge < -0.3 is 0 Å². The maximum absolute atomic E-state index is 11.4. The molecule has 84 valence electrons. The van der Waals surface area contributed by atoms with Crippen LogP contribution in [0, 0.1) is 0 Å². The SMILES string of the molecule is C=CC(F)(F)CF.C=CC(F)(F)CF. The lowest BCUT2D eigenvalue weighted by Gasteiger charge is -2.01. The van der Waals surface area contributed by atoms with Crippen LogP contribution < -0.4 is 0 Å². The number of hydrogen-bond acceptors (Lipinski definition) is 0. The van der Waals surface area contributed by atoms with E-state index in [0.717, 1.165) is 0 Å². The lowest BCUT2D eigenvalue weighted by molar-refractivity contribution is 0.0276. The van der Waals surface area contributed by atoms with E-state index in [1.165, 1.54) is 0 Å². The first-order valence-electron chi connectivity index (χ1n) is 3.39. The summed E-state index contributed by atoms with van der Waals surface area (Å²) >= 11 is 0. The third-order valence-corrected chi connectivity index (χ3v) is 0.954. The molecule has 0 N–H and O–H groups in total. The van der Waals surface area contributed by atoms with Crippen LogP contribution in [0.15, 0.2) is 25.3 Å². The van der Waals surface area contributed by atoms with Gasteiger partial charge in [-0.15, -0.1) is 0 Å². The van der Waals surface area contributed by atoms with E-state index in [1.54, 1.807) is 0 Å². The van der Waals surface area contributed by atoms with E-state index in [1.807, 2.05) is 0 Å². The second kappa shape index (κ2) is 6.50. The van der Waals surface area contributed by atoms with Crippen molar-refractivity contribution in [3.05, 3.63) is 25.3 Å². The molecular formula is C8H10F6. The van der Waals surface area contributed by atoms with Gasteiger partial charge in [0.05, 0.1) is 0 Å². The highest BCUT2D eigenvalue weighted by atomic mass is 19.3. The highest BCUT2D eigenvalue weighted by Gasteiger charge is 2.23. The normalized spacial score (nSPS) is 11.3. The smallest absolute Gasteiger partial charge is 0.244 e. The average Bonchev–Trinajstić information content (AvgIpc) is 2.19. The van der Waals surface area contributed by atoms with Crippen molar-refractivity contribution in [3.63, 3.8) is 0 Å². The molecule has 0 spiro atoms. The maximum Gasteiger partial charge on any atom is 0.294 e. The molecule has 0 atom stereocenters. The quantitative estimate of drug-likeness (QED) is 0.502. The van der Waals surface area contributed by atoms with Crippen LogP contribution in [0.3, 0.4) is 0 Å². The molecule has 0 aliphatic carbocycles.